The molecule has 0 radical (unpaired) electrons. The number of rotatable bonds is 9. The molecule has 0 saturated carbocycles. The van der Waals surface area contributed by atoms with Gasteiger partial charge >= 0.3 is 0 Å². The highest BCUT2D eigenvalue weighted by Gasteiger charge is 2.43. The first-order chi connectivity index (χ1) is 20.1. The second kappa shape index (κ2) is 10.4. The predicted molar refractivity (Wildman–Crippen MR) is 152 cm³/mol. The third-order valence-electron chi connectivity index (χ3n) is 7.96. The molecule has 10 nitrogen and oxygen atoms in total. The van der Waals surface area contributed by atoms with Crippen molar-refractivity contribution in [2.24, 2.45) is 0 Å². The van der Waals surface area contributed by atoms with Gasteiger partial charge in [0, 0.05) is 55.7 Å². The van der Waals surface area contributed by atoms with E-state index in [1.165, 1.54) is 12.1 Å². The minimum Gasteiger partial charge on any atom is -0.493 e. The van der Waals surface area contributed by atoms with E-state index >= 15 is 0 Å². The van der Waals surface area contributed by atoms with Crippen molar-refractivity contribution >= 4 is 17.3 Å². The van der Waals surface area contributed by atoms with E-state index in [-0.39, 0.29) is 5.82 Å². The quantitative estimate of drug-likeness (QED) is 0.280. The molecule has 5 aromatic rings. The van der Waals surface area contributed by atoms with Crippen LogP contribution in [0.15, 0.2) is 71.5 Å². The Labute approximate surface area is 236 Å². The normalized spacial score (nSPS) is 18.4. The van der Waals surface area contributed by atoms with Gasteiger partial charge in [0.25, 0.3) is 0 Å². The molecule has 7 rings (SSSR count). The van der Waals surface area contributed by atoms with Gasteiger partial charge in [0.05, 0.1) is 20.5 Å². The molecule has 2 aromatic carbocycles. The summed E-state index contributed by atoms with van der Waals surface area (Å²) in [6, 6.07) is 17.1. The topological polar surface area (TPSA) is 93.2 Å². The first kappa shape index (κ1) is 25.3. The Morgan fingerprint density at radius 1 is 1.02 bits per heavy atom. The SMILES string of the molecule is COc1ccc(CNc2ncc(CN3CC4C[C@H]3CN4c3ccc(F)cc3)c3nc(-c4ccco4)nn23)cc1OC. The van der Waals surface area contributed by atoms with Crippen molar-refractivity contribution in [1.82, 2.24) is 24.5 Å². The number of benzene rings is 2. The molecule has 2 fully saturated rings. The largest absolute Gasteiger partial charge is 0.493 e. The molecule has 3 aromatic heterocycles. The average Bonchev–Trinajstić information content (AvgIpc) is 3.81. The molecule has 5 heterocycles. The number of likely N-dealkylation sites (tertiary alicyclic amines) is 1. The van der Waals surface area contributed by atoms with Gasteiger partial charge in [0.1, 0.15) is 5.82 Å². The summed E-state index contributed by atoms with van der Waals surface area (Å²) < 4.78 is 31.6. The van der Waals surface area contributed by atoms with Gasteiger partial charge in [0.15, 0.2) is 22.9 Å². The molecule has 210 valence electrons. The molecule has 1 N–H and O–H groups in total. The molecule has 2 atom stereocenters. The Kier molecular flexibility index (Phi) is 6.43. The standard InChI is InChI=1S/C30H30FN7O3/c1-39-25-10-5-19(12-27(25)40-2)14-32-30-33-15-20(29-34-28(35-38(29)30)26-4-3-11-41-26)16-36-17-24-13-23(36)18-37(24)22-8-6-21(31)7-9-22/h3-12,15,23-24H,13-14,16-18H2,1-2H3,(H,32,33)/t23-,24?/m0/s1. The van der Waals surface area contributed by atoms with Crippen molar-refractivity contribution < 1.29 is 18.3 Å². The first-order valence-electron chi connectivity index (χ1n) is 13.6. The van der Waals surface area contributed by atoms with Gasteiger partial charge in [-0.15, -0.1) is 5.10 Å². The highest BCUT2D eigenvalue weighted by Crippen LogP contribution is 2.36. The lowest BCUT2D eigenvalue weighted by molar-refractivity contribution is 0.230. The molecule has 2 bridgehead atoms. The van der Waals surface area contributed by atoms with Crippen molar-refractivity contribution in [2.75, 3.05) is 37.5 Å². The number of aromatic nitrogens is 4. The molecular weight excluding hydrogens is 525 g/mol. The summed E-state index contributed by atoms with van der Waals surface area (Å²) in [6.07, 6.45) is 4.58. The minimum absolute atomic E-state index is 0.208. The van der Waals surface area contributed by atoms with E-state index in [1.807, 2.05) is 48.7 Å². The van der Waals surface area contributed by atoms with Crippen LogP contribution in [0.4, 0.5) is 16.0 Å². The highest BCUT2D eigenvalue weighted by molar-refractivity contribution is 5.58. The summed E-state index contributed by atoms with van der Waals surface area (Å²) in [5, 5.41) is 8.16. The zero-order valence-corrected chi connectivity index (χ0v) is 22.8. The van der Waals surface area contributed by atoms with E-state index in [0.717, 1.165) is 42.0 Å². The molecule has 41 heavy (non-hydrogen) atoms. The van der Waals surface area contributed by atoms with Crippen molar-refractivity contribution in [3.63, 3.8) is 0 Å². The summed E-state index contributed by atoms with van der Waals surface area (Å²) in [5.74, 6) is 2.81. The fourth-order valence-corrected chi connectivity index (χ4v) is 5.94. The van der Waals surface area contributed by atoms with Gasteiger partial charge in [-0.25, -0.2) is 14.4 Å². The van der Waals surface area contributed by atoms with Crippen LogP contribution < -0.4 is 19.7 Å². The maximum absolute atomic E-state index is 13.4. The van der Waals surface area contributed by atoms with E-state index in [2.05, 4.69) is 15.1 Å². The summed E-state index contributed by atoms with van der Waals surface area (Å²) in [6.45, 7) is 3.05. The van der Waals surface area contributed by atoms with Gasteiger partial charge in [-0.05, 0) is 60.5 Å². The number of halogens is 1. The molecule has 2 saturated heterocycles. The molecule has 11 heteroatoms. The number of furan rings is 1. The molecule has 0 amide bonds. The van der Waals surface area contributed by atoms with Gasteiger partial charge < -0.3 is 24.1 Å². The average molecular weight is 556 g/mol. The Bertz CT molecular complexity index is 1670. The summed E-state index contributed by atoms with van der Waals surface area (Å²) in [5.41, 5.74) is 3.81. The van der Waals surface area contributed by atoms with Crippen LogP contribution in [-0.4, -0.2) is 63.9 Å². The van der Waals surface area contributed by atoms with E-state index in [4.69, 9.17) is 29.0 Å². The number of nitrogens with one attached hydrogen (secondary N) is 1. The predicted octanol–water partition coefficient (Wildman–Crippen LogP) is 4.62. The zero-order chi connectivity index (χ0) is 27.9. The van der Waals surface area contributed by atoms with Crippen LogP contribution in [0, 0.1) is 5.82 Å². The van der Waals surface area contributed by atoms with Crippen molar-refractivity contribution in [3.8, 4) is 23.1 Å². The number of nitrogens with zero attached hydrogens (tertiary/aromatic N) is 6. The van der Waals surface area contributed by atoms with E-state index in [9.17, 15) is 4.39 Å². The third kappa shape index (κ3) is 4.71. The lowest BCUT2D eigenvalue weighted by atomic mass is 10.2. The number of hydrogen-bond donors (Lipinski definition) is 1. The molecule has 2 aliphatic heterocycles. The van der Waals surface area contributed by atoms with Gasteiger partial charge in [-0.1, -0.05) is 6.07 Å². The van der Waals surface area contributed by atoms with Crippen LogP contribution in [0.5, 0.6) is 11.5 Å². The maximum atomic E-state index is 13.4. The number of piperazine rings is 1. The van der Waals surface area contributed by atoms with Crippen LogP contribution in [0.2, 0.25) is 0 Å². The molecule has 2 aliphatic rings. The van der Waals surface area contributed by atoms with E-state index in [0.29, 0.717) is 54.2 Å². The van der Waals surface area contributed by atoms with Crippen LogP contribution in [0.25, 0.3) is 17.2 Å². The van der Waals surface area contributed by atoms with Gasteiger partial charge in [-0.3, -0.25) is 4.90 Å². The number of hydrogen-bond acceptors (Lipinski definition) is 9. The maximum Gasteiger partial charge on any atom is 0.226 e. The number of ether oxygens (including phenoxy) is 2. The number of methoxy groups -OCH3 is 2. The van der Waals surface area contributed by atoms with Gasteiger partial charge in [-0.2, -0.15) is 4.52 Å². The lowest BCUT2D eigenvalue weighted by Gasteiger charge is -2.35. The fourth-order valence-electron chi connectivity index (χ4n) is 5.94. The Hall–Kier alpha value is -4.64. The minimum atomic E-state index is -0.208. The Balaban J connectivity index is 1.13. The zero-order valence-electron chi connectivity index (χ0n) is 22.8. The van der Waals surface area contributed by atoms with Crippen LogP contribution in [-0.2, 0) is 13.1 Å². The molecule has 0 spiro atoms. The van der Waals surface area contributed by atoms with Crippen molar-refractivity contribution in [1.29, 1.82) is 0 Å². The number of anilines is 2. The first-order valence-corrected chi connectivity index (χ1v) is 13.6. The van der Waals surface area contributed by atoms with Gasteiger partial charge in [0.2, 0.25) is 11.8 Å². The fraction of sp³-hybridized carbons (Fsp3) is 0.300. The van der Waals surface area contributed by atoms with Crippen molar-refractivity contribution in [3.05, 3.63) is 84.0 Å². The third-order valence-corrected chi connectivity index (χ3v) is 7.96. The second-order valence-electron chi connectivity index (χ2n) is 10.4. The van der Waals surface area contributed by atoms with Crippen LogP contribution in [0.1, 0.15) is 17.5 Å². The van der Waals surface area contributed by atoms with E-state index < -0.39 is 0 Å². The van der Waals surface area contributed by atoms with Crippen LogP contribution in [0.3, 0.4) is 0 Å². The molecular formula is C30H30FN7O3. The number of fused-ring (bicyclic) bond motifs is 3. The summed E-state index contributed by atoms with van der Waals surface area (Å²) in [7, 11) is 3.24. The smallest absolute Gasteiger partial charge is 0.226 e. The highest BCUT2D eigenvalue weighted by atomic mass is 19.1. The summed E-state index contributed by atoms with van der Waals surface area (Å²) >= 11 is 0. The second-order valence-corrected chi connectivity index (χ2v) is 10.4. The lowest BCUT2D eigenvalue weighted by Crippen LogP contribution is -2.46. The van der Waals surface area contributed by atoms with Crippen molar-refractivity contribution in [2.45, 2.75) is 31.6 Å². The van der Waals surface area contributed by atoms with E-state index in [1.54, 1.807) is 25.0 Å². The molecule has 1 unspecified atom stereocenters. The monoisotopic (exact) mass is 555 g/mol. The summed E-state index contributed by atoms with van der Waals surface area (Å²) in [4.78, 5) is 14.5. The Morgan fingerprint density at radius 3 is 2.61 bits per heavy atom. The molecule has 0 aliphatic carbocycles. The Morgan fingerprint density at radius 2 is 1.88 bits per heavy atom. The van der Waals surface area contributed by atoms with Crippen LogP contribution >= 0.6 is 0 Å².